The Bertz CT molecular complexity index is 1440. The van der Waals surface area contributed by atoms with Crippen LogP contribution in [0.1, 0.15) is 122 Å². The zero-order valence-corrected chi connectivity index (χ0v) is 39.5. The van der Waals surface area contributed by atoms with E-state index in [0.29, 0.717) is 12.1 Å². The lowest BCUT2D eigenvalue weighted by Gasteiger charge is -2.50. The molecule has 18 atom stereocenters. The van der Waals surface area contributed by atoms with Gasteiger partial charge in [-0.05, 0) is 95.7 Å². The van der Waals surface area contributed by atoms with E-state index in [2.05, 4.69) is 5.16 Å². The standard InChI is InChI=1S/C44H80N2O14/c1-18-31-44(13,52)36(49)26(5)33(45-60-41(9,10)21-24(3)47)23(2)20-43(12,54-17)38(59-40-34(48)30(46(14)15)19-25(4)55-40)27(6)35(28(7)39(51)57-31)58-32-22-42(11,53-16)37(50)29(8)56-32/h23,25-32,34-38,40,48-50,52H,18-22H2,1-17H3/b45-33+/t23-,25-,26+,27+,28-,29+,30+,31-,32?,34-,35+,36-,37+,38-,40+,42-,43-,44-/m1/s1. The highest BCUT2D eigenvalue weighted by atomic mass is 16.7. The first-order valence-electron chi connectivity index (χ1n) is 21.7. The predicted octanol–water partition coefficient (Wildman–Crippen LogP) is 4.00. The number of hydrogen-bond donors (Lipinski definition) is 4. The van der Waals surface area contributed by atoms with Gasteiger partial charge in [-0.3, -0.25) is 9.59 Å². The number of Topliss-reactive ketones (excluding diaryl/α,β-unsaturated/α-hetero) is 1. The molecule has 0 spiro atoms. The average molecular weight is 861 g/mol. The Kier molecular flexibility index (Phi) is 18.2. The fourth-order valence-electron chi connectivity index (χ4n) is 9.58. The van der Waals surface area contributed by atoms with Crippen molar-refractivity contribution in [2.24, 2.45) is 28.8 Å². The van der Waals surface area contributed by atoms with E-state index in [1.807, 2.05) is 46.7 Å². The van der Waals surface area contributed by atoms with Gasteiger partial charge in [0.2, 0.25) is 0 Å². The molecule has 16 heteroatoms. The van der Waals surface area contributed by atoms with Crippen LogP contribution in [0.2, 0.25) is 0 Å². The van der Waals surface area contributed by atoms with E-state index >= 15 is 0 Å². The summed E-state index contributed by atoms with van der Waals surface area (Å²) in [6, 6.07) is -0.299. The molecular formula is C44H80N2O14. The molecular weight excluding hydrogens is 780 g/mol. The SMILES string of the molecule is CC[C@H]1OC(=O)[C@H](C)[C@@H](OC2C[C@@](C)(OC)[C@@H](O)[C@H](C)O2)[C@H](C)[C@@H](O[C@@H]2O[C@H](C)C[C@H](N(C)C)[C@H]2O)[C@](C)(OC)C[C@@H](C)/C(=N\OC(C)(C)CC(C)=O)[C@H](C)[C@@H](O)[C@]1(C)O. The molecule has 0 saturated carbocycles. The summed E-state index contributed by atoms with van der Waals surface area (Å²) in [5, 5.41) is 51.6. The molecule has 3 rings (SSSR count). The maximum atomic E-state index is 14.5. The quantitative estimate of drug-likeness (QED) is 0.162. The molecule has 3 heterocycles. The number of carbonyl (C=O) groups is 2. The molecule has 0 radical (unpaired) electrons. The number of methoxy groups -OCH3 is 2. The van der Waals surface area contributed by atoms with Gasteiger partial charge in [0.1, 0.15) is 35.3 Å². The van der Waals surface area contributed by atoms with Gasteiger partial charge in [0.25, 0.3) is 0 Å². The highest BCUT2D eigenvalue weighted by Crippen LogP contribution is 2.42. The Balaban J connectivity index is 2.32. The van der Waals surface area contributed by atoms with Gasteiger partial charge in [-0.1, -0.05) is 32.9 Å². The molecule has 0 aromatic rings. The molecule has 0 bridgehead atoms. The fraction of sp³-hybridized carbons (Fsp3) is 0.932. The maximum absolute atomic E-state index is 14.5. The average Bonchev–Trinajstić information content (AvgIpc) is 3.15. The van der Waals surface area contributed by atoms with Crippen LogP contribution in [-0.2, 0) is 47.6 Å². The fourth-order valence-corrected chi connectivity index (χ4v) is 9.58. The largest absolute Gasteiger partial charge is 0.459 e. The summed E-state index contributed by atoms with van der Waals surface area (Å²) < 4.78 is 44.7. The van der Waals surface area contributed by atoms with Crippen LogP contribution in [0.3, 0.4) is 0 Å². The Morgan fingerprint density at radius 3 is 2.05 bits per heavy atom. The lowest BCUT2D eigenvalue weighted by Crippen LogP contribution is -2.61. The molecule has 3 aliphatic rings. The minimum Gasteiger partial charge on any atom is -0.459 e. The minimum absolute atomic E-state index is 0.0749. The summed E-state index contributed by atoms with van der Waals surface area (Å²) in [6.07, 6.45) is -8.66. The van der Waals surface area contributed by atoms with Crippen LogP contribution in [0.25, 0.3) is 0 Å². The highest BCUT2D eigenvalue weighted by Gasteiger charge is 2.54. The lowest BCUT2D eigenvalue weighted by atomic mass is 9.73. The van der Waals surface area contributed by atoms with Crippen molar-refractivity contribution >= 4 is 17.5 Å². The molecule has 4 N–H and O–H groups in total. The number of likely N-dealkylation sites (N-methyl/N-ethyl adjacent to an activating group) is 1. The molecule has 350 valence electrons. The smallest absolute Gasteiger partial charge is 0.311 e. The number of oxime groups is 1. The van der Waals surface area contributed by atoms with Gasteiger partial charge in [0.15, 0.2) is 12.6 Å². The number of nitrogens with zero attached hydrogens (tertiary/aromatic N) is 2. The Labute approximate surface area is 358 Å². The summed E-state index contributed by atoms with van der Waals surface area (Å²) in [5.74, 6) is -3.94. The van der Waals surface area contributed by atoms with Crippen molar-refractivity contribution in [2.75, 3.05) is 28.3 Å². The van der Waals surface area contributed by atoms with Crippen LogP contribution in [-0.4, -0.2) is 161 Å². The van der Waals surface area contributed by atoms with Crippen molar-refractivity contribution in [3.63, 3.8) is 0 Å². The molecule has 3 fully saturated rings. The summed E-state index contributed by atoms with van der Waals surface area (Å²) in [7, 11) is 6.83. The maximum Gasteiger partial charge on any atom is 0.311 e. The van der Waals surface area contributed by atoms with Crippen LogP contribution in [0.5, 0.6) is 0 Å². The van der Waals surface area contributed by atoms with E-state index in [-0.39, 0.29) is 43.6 Å². The van der Waals surface area contributed by atoms with E-state index < -0.39 is 107 Å². The first-order chi connectivity index (χ1) is 27.6. The second-order valence-electron chi connectivity index (χ2n) is 19.5. The van der Waals surface area contributed by atoms with Gasteiger partial charge in [-0.2, -0.15) is 0 Å². The third kappa shape index (κ3) is 12.0. The molecule has 1 unspecified atom stereocenters. The number of aliphatic hydroxyl groups excluding tert-OH is 3. The number of ether oxygens (including phenoxy) is 7. The number of ketones is 1. The van der Waals surface area contributed by atoms with Crippen LogP contribution in [0.4, 0.5) is 0 Å². The Morgan fingerprint density at radius 2 is 1.52 bits per heavy atom. The molecule has 0 aliphatic carbocycles. The summed E-state index contributed by atoms with van der Waals surface area (Å²) >= 11 is 0. The molecule has 0 amide bonds. The first kappa shape index (κ1) is 52.5. The van der Waals surface area contributed by atoms with E-state index in [4.69, 9.17) is 38.0 Å². The number of carbonyl (C=O) groups excluding carboxylic acids is 2. The van der Waals surface area contributed by atoms with E-state index in [9.17, 15) is 30.0 Å². The van der Waals surface area contributed by atoms with Crippen LogP contribution in [0.15, 0.2) is 5.16 Å². The van der Waals surface area contributed by atoms with Crippen LogP contribution < -0.4 is 0 Å². The molecule has 16 nitrogen and oxygen atoms in total. The van der Waals surface area contributed by atoms with Crippen molar-refractivity contribution in [3.05, 3.63) is 0 Å². The Morgan fingerprint density at radius 1 is 0.917 bits per heavy atom. The highest BCUT2D eigenvalue weighted by molar-refractivity contribution is 5.89. The summed E-state index contributed by atoms with van der Waals surface area (Å²) in [4.78, 5) is 34.6. The molecule has 0 aromatic heterocycles. The van der Waals surface area contributed by atoms with Crippen molar-refractivity contribution in [1.29, 1.82) is 0 Å². The number of esters is 1. The second kappa shape index (κ2) is 20.8. The topological polar surface area (TPSA) is 204 Å². The minimum atomic E-state index is -1.96. The third-order valence-electron chi connectivity index (χ3n) is 13.4. The van der Waals surface area contributed by atoms with Crippen LogP contribution in [0, 0.1) is 23.7 Å². The molecule has 60 heavy (non-hydrogen) atoms. The predicted molar refractivity (Wildman–Crippen MR) is 224 cm³/mol. The van der Waals surface area contributed by atoms with E-state index in [1.54, 1.807) is 55.6 Å². The Hall–Kier alpha value is -1.83. The summed E-state index contributed by atoms with van der Waals surface area (Å²) in [6.45, 7) is 22.6. The van der Waals surface area contributed by atoms with Crippen molar-refractivity contribution in [3.8, 4) is 0 Å². The number of aliphatic hydroxyl groups is 4. The van der Waals surface area contributed by atoms with Crippen LogP contribution >= 0.6 is 0 Å². The van der Waals surface area contributed by atoms with E-state index in [1.165, 1.54) is 21.0 Å². The van der Waals surface area contributed by atoms with Gasteiger partial charge in [0, 0.05) is 50.9 Å². The van der Waals surface area contributed by atoms with Gasteiger partial charge in [0.05, 0.1) is 53.4 Å². The zero-order chi connectivity index (χ0) is 45.9. The molecule has 3 aliphatic heterocycles. The molecule has 0 aromatic carbocycles. The van der Waals surface area contributed by atoms with Gasteiger partial charge < -0.3 is 63.3 Å². The van der Waals surface area contributed by atoms with Crippen molar-refractivity contribution in [2.45, 2.75) is 212 Å². The third-order valence-corrected chi connectivity index (χ3v) is 13.4. The second-order valence-corrected chi connectivity index (χ2v) is 19.5. The number of rotatable bonds is 12. The number of hydrogen-bond acceptors (Lipinski definition) is 16. The van der Waals surface area contributed by atoms with E-state index in [0.717, 1.165) is 0 Å². The van der Waals surface area contributed by atoms with Crippen molar-refractivity contribution in [1.82, 2.24) is 4.90 Å². The number of cyclic esters (lactones) is 1. The van der Waals surface area contributed by atoms with Crippen molar-refractivity contribution < 1.29 is 68.0 Å². The lowest BCUT2D eigenvalue weighted by molar-refractivity contribution is -0.319. The zero-order valence-electron chi connectivity index (χ0n) is 39.5. The summed E-state index contributed by atoms with van der Waals surface area (Å²) in [5.41, 5.74) is -4.90. The van der Waals surface area contributed by atoms with Gasteiger partial charge in [-0.15, -0.1) is 0 Å². The van der Waals surface area contributed by atoms with Gasteiger partial charge in [-0.25, -0.2) is 0 Å². The van der Waals surface area contributed by atoms with Gasteiger partial charge >= 0.3 is 5.97 Å². The monoisotopic (exact) mass is 861 g/mol. The first-order valence-corrected chi connectivity index (χ1v) is 21.7. The normalized spacial score (nSPS) is 44.9. The molecule has 3 saturated heterocycles.